The fraction of sp³-hybridized carbons (Fsp3) is 0.889. The number of likely N-dealkylation sites (N-methyl/N-ethyl adjacent to an activating group) is 1. The van der Waals surface area contributed by atoms with Crippen molar-refractivity contribution in [1.82, 2.24) is 10.2 Å². The van der Waals surface area contributed by atoms with Gasteiger partial charge in [0, 0.05) is 19.1 Å². The maximum atomic E-state index is 11.4. The van der Waals surface area contributed by atoms with Crippen LogP contribution in [0.1, 0.15) is 19.8 Å². The van der Waals surface area contributed by atoms with Crippen LogP contribution in [0.25, 0.3) is 0 Å². The molecule has 1 amide bonds. The normalized spacial score (nSPS) is 15.8. The van der Waals surface area contributed by atoms with Gasteiger partial charge in [0.1, 0.15) is 0 Å². The van der Waals surface area contributed by atoms with Gasteiger partial charge in [0.15, 0.2) is 0 Å². The number of hydrogen-bond acceptors (Lipinski definition) is 3. The van der Waals surface area contributed by atoms with Gasteiger partial charge in [-0.25, -0.2) is 0 Å². The molecule has 76 valence electrons. The Balaban J connectivity index is 2.16. The van der Waals surface area contributed by atoms with E-state index in [4.69, 9.17) is 5.11 Å². The Hall–Kier alpha value is -0.610. The molecule has 0 heterocycles. The first kappa shape index (κ1) is 10.5. The minimum atomic E-state index is 0.0447. The second kappa shape index (κ2) is 5.19. The molecule has 2 N–H and O–H groups in total. The summed E-state index contributed by atoms with van der Waals surface area (Å²) < 4.78 is 0. The molecule has 0 unspecified atom stereocenters. The number of carbonyl (C=O) groups excluding carboxylic acids is 1. The van der Waals surface area contributed by atoms with Crippen molar-refractivity contribution >= 4 is 5.91 Å². The molecular formula is C9H18N2O2. The lowest BCUT2D eigenvalue weighted by atomic mass is 10.4. The van der Waals surface area contributed by atoms with Crippen LogP contribution in [-0.2, 0) is 4.79 Å². The molecule has 1 aliphatic rings. The number of nitrogens with zero attached hydrogens (tertiary/aromatic N) is 1. The number of rotatable bonds is 6. The Morgan fingerprint density at radius 2 is 2.31 bits per heavy atom. The largest absolute Gasteiger partial charge is 0.395 e. The van der Waals surface area contributed by atoms with E-state index in [2.05, 4.69) is 5.32 Å². The molecule has 0 bridgehead atoms. The first-order chi connectivity index (χ1) is 6.27. The highest BCUT2D eigenvalue weighted by molar-refractivity contribution is 5.78. The van der Waals surface area contributed by atoms with Crippen LogP contribution in [0.3, 0.4) is 0 Å². The number of carbonyl (C=O) groups is 1. The van der Waals surface area contributed by atoms with Crippen LogP contribution in [-0.4, -0.2) is 48.2 Å². The standard InChI is InChI=1S/C9H18N2O2/c1-2-11(5-6-12)9(13)7-10-8-3-4-8/h8,10,12H,2-7H2,1H3. The highest BCUT2D eigenvalue weighted by Crippen LogP contribution is 2.18. The molecule has 0 aromatic carbocycles. The third-order valence-corrected chi connectivity index (χ3v) is 2.22. The highest BCUT2D eigenvalue weighted by atomic mass is 16.3. The summed E-state index contributed by atoms with van der Waals surface area (Å²) in [5.41, 5.74) is 0. The van der Waals surface area contributed by atoms with Gasteiger partial charge in [0.05, 0.1) is 13.2 Å². The lowest BCUT2D eigenvalue weighted by Gasteiger charge is -2.19. The van der Waals surface area contributed by atoms with Gasteiger partial charge in [-0.05, 0) is 19.8 Å². The van der Waals surface area contributed by atoms with Crippen molar-refractivity contribution in [2.75, 3.05) is 26.2 Å². The Bertz CT molecular complexity index is 169. The van der Waals surface area contributed by atoms with Gasteiger partial charge in [-0.15, -0.1) is 0 Å². The van der Waals surface area contributed by atoms with Crippen molar-refractivity contribution in [2.24, 2.45) is 0 Å². The lowest BCUT2D eigenvalue weighted by Crippen LogP contribution is -2.40. The number of aliphatic hydroxyl groups excluding tert-OH is 1. The number of hydrogen-bond donors (Lipinski definition) is 2. The predicted octanol–water partition coefficient (Wildman–Crippen LogP) is -0.421. The minimum absolute atomic E-state index is 0.0447. The SMILES string of the molecule is CCN(CCO)C(=O)CNC1CC1. The third kappa shape index (κ3) is 3.74. The van der Waals surface area contributed by atoms with Crippen LogP contribution in [0.15, 0.2) is 0 Å². The second-order valence-corrected chi connectivity index (χ2v) is 3.35. The first-order valence-corrected chi connectivity index (χ1v) is 4.90. The monoisotopic (exact) mass is 186 g/mol. The lowest BCUT2D eigenvalue weighted by molar-refractivity contribution is -0.130. The van der Waals surface area contributed by atoms with Crippen molar-refractivity contribution in [3.05, 3.63) is 0 Å². The molecule has 1 aliphatic carbocycles. The van der Waals surface area contributed by atoms with E-state index in [0.717, 1.165) is 0 Å². The fourth-order valence-electron chi connectivity index (χ4n) is 1.21. The van der Waals surface area contributed by atoms with E-state index in [1.165, 1.54) is 12.8 Å². The topological polar surface area (TPSA) is 52.6 Å². The zero-order valence-corrected chi connectivity index (χ0v) is 8.12. The molecule has 13 heavy (non-hydrogen) atoms. The first-order valence-electron chi connectivity index (χ1n) is 4.90. The average molecular weight is 186 g/mol. The molecule has 0 aromatic heterocycles. The van der Waals surface area contributed by atoms with E-state index in [1.807, 2.05) is 6.92 Å². The van der Waals surface area contributed by atoms with E-state index in [-0.39, 0.29) is 12.5 Å². The van der Waals surface area contributed by atoms with Crippen LogP contribution in [0, 0.1) is 0 Å². The van der Waals surface area contributed by atoms with Gasteiger partial charge in [-0.2, -0.15) is 0 Å². The van der Waals surface area contributed by atoms with Crippen LogP contribution < -0.4 is 5.32 Å². The molecule has 0 saturated heterocycles. The summed E-state index contributed by atoms with van der Waals surface area (Å²) >= 11 is 0. The van der Waals surface area contributed by atoms with E-state index in [0.29, 0.717) is 25.7 Å². The molecule has 0 radical (unpaired) electrons. The summed E-state index contributed by atoms with van der Waals surface area (Å²) in [6.45, 7) is 3.50. The van der Waals surface area contributed by atoms with Gasteiger partial charge in [-0.1, -0.05) is 0 Å². The Labute approximate surface area is 78.9 Å². The Kier molecular flexibility index (Phi) is 4.18. The zero-order valence-electron chi connectivity index (χ0n) is 8.12. The maximum absolute atomic E-state index is 11.4. The van der Waals surface area contributed by atoms with Crippen LogP contribution in [0.4, 0.5) is 0 Å². The summed E-state index contributed by atoms with van der Waals surface area (Å²) in [4.78, 5) is 13.1. The Morgan fingerprint density at radius 1 is 1.62 bits per heavy atom. The number of amides is 1. The smallest absolute Gasteiger partial charge is 0.236 e. The molecule has 0 spiro atoms. The Morgan fingerprint density at radius 3 is 2.77 bits per heavy atom. The zero-order chi connectivity index (χ0) is 9.68. The van der Waals surface area contributed by atoms with Gasteiger partial charge in [-0.3, -0.25) is 4.79 Å². The molecular weight excluding hydrogens is 168 g/mol. The molecule has 1 saturated carbocycles. The predicted molar refractivity (Wildman–Crippen MR) is 50.4 cm³/mol. The molecule has 4 heteroatoms. The second-order valence-electron chi connectivity index (χ2n) is 3.35. The van der Waals surface area contributed by atoms with Gasteiger partial charge >= 0.3 is 0 Å². The summed E-state index contributed by atoms with van der Waals surface area (Å²) in [5, 5.41) is 11.8. The molecule has 0 aromatic rings. The average Bonchev–Trinajstić information content (AvgIpc) is 2.93. The van der Waals surface area contributed by atoms with Gasteiger partial charge < -0.3 is 15.3 Å². The number of aliphatic hydroxyl groups is 1. The van der Waals surface area contributed by atoms with Crippen LogP contribution in [0.2, 0.25) is 0 Å². The molecule has 4 nitrogen and oxygen atoms in total. The minimum Gasteiger partial charge on any atom is -0.395 e. The molecule has 0 atom stereocenters. The van der Waals surface area contributed by atoms with Crippen LogP contribution in [0.5, 0.6) is 0 Å². The number of nitrogens with one attached hydrogen (secondary N) is 1. The van der Waals surface area contributed by atoms with Crippen molar-refractivity contribution in [3.63, 3.8) is 0 Å². The highest BCUT2D eigenvalue weighted by Gasteiger charge is 2.22. The quantitative estimate of drug-likeness (QED) is 0.592. The van der Waals surface area contributed by atoms with E-state index < -0.39 is 0 Å². The van der Waals surface area contributed by atoms with E-state index in [1.54, 1.807) is 4.90 Å². The molecule has 0 aliphatic heterocycles. The fourth-order valence-corrected chi connectivity index (χ4v) is 1.21. The molecule has 1 fully saturated rings. The van der Waals surface area contributed by atoms with Gasteiger partial charge in [0.2, 0.25) is 5.91 Å². The molecule has 1 rings (SSSR count). The van der Waals surface area contributed by atoms with Crippen molar-refractivity contribution < 1.29 is 9.90 Å². The van der Waals surface area contributed by atoms with Crippen molar-refractivity contribution in [2.45, 2.75) is 25.8 Å². The van der Waals surface area contributed by atoms with Crippen LogP contribution >= 0.6 is 0 Å². The third-order valence-electron chi connectivity index (χ3n) is 2.22. The van der Waals surface area contributed by atoms with E-state index in [9.17, 15) is 4.79 Å². The summed E-state index contributed by atoms with van der Waals surface area (Å²) in [7, 11) is 0. The van der Waals surface area contributed by atoms with Crippen molar-refractivity contribution in [1.29, 1.82) is 0 Å². The maximum Gasteiger partial charge on any atom is 0.236 e. The summed E-state index contributed by atoms with van der Waals surface area (Å²) in [6, 6.07) is 0.566. The summed E-state index contributed by atoms with van der Waals surface area (Å²) in [5.74, 6) is 0.0865. The summed E-state index contributed by atoms with van der Waals surface area (Å²) in [6.07, 6.45) is 2.39. The van der Waals surface area contributed by atoms with E-state index >= 15 is 0 Å². The van der Waals surface area contributed by atoms with Gasteiger partial charge in [0.25, 0.3) is 0 Å². The van der Waals surface area contributed by atoms with Crippen molar-refractivity contribution in [3.8, 4) is 0 Å².